The summed E-state index contributed by atoms with van der Waals surface area (Å²) in [7, 11) is 0. The van der Waals surface area contributed by atoms with E-state index in [1.807, 2.05) is 0 Å². The summed E-state index contributed by atoms with van der Waals surface area (Å²) in [5.74, 6) is 0. The molecule has 0 amide bonds. The van der Waals surface area contributed by atoms with Crippen molar-refractivity contribution >= 4 is 80.4 Å². The molecule has 2 aromatic rings. The minimum absolute atomic E-state index is 0.314. The first-order valence-electron chi connectivity index (χ1n) is 5.09. The SMILES string of the molecule is Clc1c(Cl)c2c3c(c(Cl)c(Cl)c(Cl)c3c1Cl)CC2. The van der Waals surface area contributed by atoms with E-state index in [4.69, 9.17) is 69.6 Å². The fourth-order valence-corrected chi connectivity index (χ4v) is 4.11. The average Bonchev–Trinajstić information content (AvgIpc) is 2.78. The van der Waals surface area contributed by atoms with Crippen molar-refractivity contribution in [3.63, 3.8) is 0 Å². The molecule has 0 radical (unpaired) electrons. The van der Waals surface area contributed by atoms with Gasteiger partial charge in [-0.3, -0.25) is 0 Å². The van der Waals surface area contributed by atoms with E-state index in [9.17, 15) is 0 Å². The summed E-state index contributed by atoms with van der Waals surface area (Å²) < 4.78 is 0. The summed E-state index contributed by atoms with van der Waals surface area (Å²) in [6.45, 7) is 0. The Labute approximate surface area is 134 Å². The van der Waals surface area contributed by atoms with Crippen molar-refractivity contribution in [3.8, 4) is 0 Å². The molecule has 18 heavy (non-hydrogen) atoms. The lowest BCUT2D eigenvalue weighted by Crippen LogP contribution is -1.88. The van der Waals surface area contributed by atoms with Crippen LogP contribution in [0.5, 0.6) is 0 Å². The van der Waals surface area contributed by atoms with Gasteiger partial charge in [0.15, 0.2) is 0 Å². The molecule has 0 fully saturated rings. The Morgan fingerprint density at radius 2 is 0.833 bits per heavy atom. The molecule has 0 aliphatic heterocycles. The lowest BCUT2D eigenvalue weighted by atomic mass is 10.0. The second kappa shape index (κ2) is 4.48. The van der Waals surface area contributed by atoms with Crippen LogP contribution in [-0.4, -0.2) is 0 Å². The summed E-state index contributed by atoms with van der Waals surface area (Å²) in [4.78, 5) is 0. The quantitative estimate of drug-likeness (QED) is 0.450. The molecule has 0 aromatic heterocycles. The lowest BCUT2D eigenvalue weighted by molar-refractivity contribution is 1.02. The minimum Gasteiger partial charge on any atom is -0.0823 e. The van der Waals surface area contributed by atoms with Gasteiger partial charge in [-0.05, 0) is 29.4 Å². The molecule has 94 valence electrons. The highest BCUT2D eigenvalue weighted by Crippen LogP contribution is 2.51. The number of halogens is 6. The number of aryl methyl sites for hydroxylation is 2. The highest BCUT2D eigenvalue weighted by molar-refractivity contribution is 6.56. The first kappa shape index (κ1) is 13.4. The summed E-state index contributed by atoms with van der Waals surface area (Å²) >= 11 is 37.2. The van der Waals surface area contributed by atoms with Crippen molar-refractivity contribution in [2.45, 2.75) is 12.8 Å². The van der Waals surface area contributed by atoms with Gasteiger partial charge < -0.3 is 0 Å². The van der Waals surface area contributed by atoms with Crippen LogP contribution in [0.25, 0.3) is 10.8 Å². The van der Waals surface area contributed by atoms with Crippen molar-refractivity contribution in [1.29, 1.82) is 0 Å². The molecule has 0 bridgehead atoms. The minimum atomic E-state index is 0.314. The number of rotatable bonds is 0. The molecule has 0 saturated heterocycles. The fraction of sp³-hybridized carbons (Fsp3) is 0.167. The van der Waals surface area contributed by atoms with Gasteiger partial charge in [0.2, 0.25) is 0 Å². The van der Waals surface area contributed by atoms with E-state index < -0.39 is 0 Å². The van der Waals surface area contributed by atoms with Crippen LogP contribution in [0.4, 0.5) is 0 Å². The fourth-order valence-electron chi connectivity index (χ4n) is 2.42. The molecule has 0 unspecified atom stereocenters. The van der Waals surface area contributed by atoms with Crippen LogP contribution < -0.4 is 0 Å². The summed E-state index contributed by atoms with van der Waals surface area (Å²) in [6.07, 6.45) is 1.52. The van der Waals surface area contributed by atoms with Gasteiger partial charge in [0, 0.05) is 5.39 Å². The van der Waals surface area contributed by atoms with Crippen LogP contribution in [-0.2, 0) is 12.8 Å². The van der Waals surface area contributed by atoms with Crippen molar-refractivity contribution in [2.75, 3.05) is 0 Å². The summed E-state index contributed by atoms with van der Waals surface area (Å²) in [5.41, 5.74) is 1.88. The van der Waals surface area contributed by atoms with Gasteiger partial charge >= 0.3 is 0 Å². The highest BCUT2D eigenvalue weighted by atomic mass is 35.5. The monoisotopic (exact) mass is 358 g/mol. The van der Waals surface area contributed by atoms with Crippen LogP contribution in [0.2, 0.25) is 30.1 Å². The predicted octanol–water partition coefficient (Wildman–Crippen LogP) is 6.86. The maximum Gasteiger partial charge on any atom is 0.0788 e. The number of benzene rings is 2. The second-order valence-corrected chi connectivity index (χ2v) is 6.36. The Hall–Kier alpha value is 0.440. The van der Waals surface area contributed by atoms with Gasteiger partial charge in [0.1, 0.15) is 0 Å². The molecular formula is C12H4Cl6. The molecule has 2 aromatic carbocycles. The maximum absolute atomic E-state index is 6.23. The number of hydrogen-bond donors (Lipinski definition) is 0. The normalized spacial score (nSPS) is 13.7. The average molecular weight is 361 g/mol. The van der Waals surface area contributed by atoms with E-state index in [-0.39, 0.29) is 0 Å². The Morgan fingerprint density at radius 3 is 1.22 bits per heavy atom. The van der Waals surface area contributed by atoms with Gasteiger partial charge in [0.25, 0.3) is 0 Å². The van der Waals surface area contributed by atoms with Crippen molar-refractivity contribution in [1.82, 2.24) is 0 Å². The van der Waals surface area contributed by atoms with E-state index in [2.05, 4.69) is 0 Å². The smallest absolute Gasteiger partial charge is 0.0788 e. The molecule has 0 heterocycles. The van der Waals surface area contributed by atoms with E-state index in [1.54, 1.807) is 0 Å². The van der Waals surface area contributed by atoms with E-state index in [1.165, 1.54) is 0 Å². The molecule has 0 saturated carbocycles. The molecular weight excluding hydrogens is 357 g/mol. The second-order valence-electron chi connectivity index (χ2n) is 4.09. The molecule has 1 aliphatic rings. The molecule has 0 spiro atoms. The van der Waals surface area contributed by atoms with E-state index >= 15 is 0 Å². The van der Waals surface area contributed by atoms with Crippen LogP contribution in [0.3, 0.4) is 0 Å². The Morgan fingerprint density at radius 1 is 0.444 bits per heavy atom. The topological polar surface area (TPSA) is 0 Å². The largest absolute Gasteiger partial charge is 0.0823 e. The van der Waals surface area contributed by atoms with E-state index in [0.29, 0.717) is 35.5 Å². The summed E-state index contributed by atoms with van der Waals surface area (Å²) in [5, 5.41) is 3.77. The third kappa shape index (κ3) is 1.60. The standard InChI is InChI=1S/C12H4Cl6/c13-7-3-1-2-4-5(3)6(9(15)11(7)17)10(16)12(18)8(4)14/h1-2H2. The van der Waals surface area contributed by atoms with Crippen LogP contribution >= 0.6 is 69.6 Å². The third-order valence-electron chi connectivity index (χ3n) is 3.22. The summed E-state index contributed by atoms with van der Waals surface area (Å²) in [6, 6.07) is 0. The van der Waals surface area contributed by atoms with Crippen LogP contribution in [0, 0.1) is 0 Å². The van der Waals surface area contributed by atoms with Crippen LogP contribution in [0.15, 0.2) is 0 Å². The first-order valence-corrected chi connectivity index (χ1v) is 7.36. The zero-order chi connectivity index (χ0) is 13.2. The van der Waals surface area contributed by atoms with Crippen molar-refractivity contribution < 1.29 is 0 Å². The predicted molar refractivity (Wildman–Crippen MR) is 81.4 cm³/mol. The zero-order valence-corrected chi connectivity index (χ0v) is 13.2. The molecule has 0 atom stereocenters. The third-order valence-corrected chi connectivity index (χ3v) is 5.95. The van der Waals surface area contributed by atoms with Crippen LogP contribution in [0.1, 0.15) is 11.1 Å². The zero-order valence-electron chi connectivity index (χ0n) is 8.68. The number of hydrogen-bond acceptors (Lipinski definition) is 0. The maximum atomic E-state index is 6.23. The van der Waals surface area contributed by atoms with E-state index in [0.717, 1.165) is 29.4 Å². The van der Waals surface area contributed by atoms with Gasteiger partial charge in [0.05, 0.1) is 30.1 Å². The molecule has 3 rings (SSSR count). The Kier molecular flexibility index (Phi) is 3.34. The molecule has 0 nitrogen and oxygen atoms in total. The molecule has 1 aliphatic carbocycles. The van der Waals surface area contributed by atoms with Crippen molar-refractivity contribution in [3.05, 3.63) is 41.3 Å². The molecule has 0 N–H and O–H groups in total. The van der Waals surface area contributed by atoms with Crippen molar-refractivity contribution in [2.24, 2.45) is 0 Å². The van der Waals surface area contributed by atoms with Gasteiger partial charge in [-0.25, -0.2) is 0 Å². The highest BCUT2D eigenvalue weighted by Gasteiger charge is 2.28. The first-order chi connectivity index (χ1) is 8.45. The Balaban J connectivity index is 2.67. The lowest BCUT2D eigenvalue weighted by Gasteiger charge is -2.13. The Bertz CT molecular complexity index is 648. The molecule has 6 heteroatoms. The van der Waals surface area contributed by atoms with Gasteiger partial charge in [-0.2, -0.15) is 0 Å². The van der Waals surface area contributed by atoms with Gasteiger partial charge in [-0.15, -0.1) is 0 Å². The van der Waals surface area contributed by atoms with Gasteiger partial charge in [-0.1, -0.05) is 69.6 Å².